The highest BCUT2D eigenvalue weighted by Gasteiger charge is 2.04. The maximum atomic E-state index is 11.7. The number of carbonyl (C=O) groups is 1. The Morgan fingerprint density at radius 1 is 0.794 bits per heavy atom. The number of ether oxygens (including phenoxy) is 1. The van der Waals surface area contributed by atoms with Crippen LogP contribution in [0.5, 0.6) is 0 Å². The van der Waals surface area contributed by atoms with Gasteiger partial charge in [-0.3, -0.25) is 10.1 Å². The largest absolute Gasteiger partial charge is 0.458 e. The third-order valence-corrected chi connectivity index (χ3v) is 4.87. The van der Waals surface area contributed by atoms with E-state index in [1.165, 1.54) is 63.2 Å². The van der Waals surface area contributed by atoms with Crippen LogP contribution < -0.4 is 0 Å². The molecule has 0 spiro atoms. The van der Waals surface area contributed by atoms with Crippen LogP contribution in [0, 0.1) is 10.1 Å². The molecule has 0 saturated carbocycles. The van der Waals surface area contributed by atoms with Crippen molar-refractivity contribution in [2.24, 2.45) is 0 Å². The standard InChI is InChI=1S/C29H37NO4/c1-2-3-4-5-6-7-8-9-10-11-12-13-14-15-16-17-18-19-20-21-29(31)34-26-27-22-24-28(25-23-27)30(32)33/h10-25H,2-9,26H2,1H3. The van der Waals surface area contributed by atoms with E-state index in [-0.39, 0.29) is 12.3 Å². The molecule has 0 aliphatic carbocycles. The average molecular weight is 464 g/mol. The fourth-order valence-corrected chi connectivity index (χ4v) is 2.96. The average Bonchev–Trinajstić information content (AvgIpc) is 2.84. The highest BCUT2D eigenvalue weighted by atomic mass is 16.6. The van der Waals surface area contributed by atoms with Crippen LogP contribution in [0.4, 0.5) is 5.69 Å². The topological polar surface area (TPSA) is 69.4 Å². The second-order valence-corrected chi connectivity index (χ2v) is 7.77. The minimum absolute atomic E-state index is 0.00459. The van der Waals surface area contributed by atoms with E-state index in [4.69, 9.17) is 4.74 Å². The van der Waals surface area contributed by atoms with Gasteiger partial charge in [-0.2, -0.15) is 0 Å². The summed E-state index contributed by atoms with van der Waals surface area (Å²) in [5.41, 5.74) is 0.695. The van der Waals surface area contributed by atoms with E-state index >= 15 is 0 Å². The zero-order valence-corrected chi connectivity index (χ0v) is 20.2. The molecule has 1 aromatic carbocycles. The lowest BCUT2D eigenvalue weighted by molar-refractivity contribution is -0.384. The van der Waals surface area contributed by atoms with Crippen molar-refractivity contribution in [1.82, 2.24) is 0 Å². The molecule has 0 saturated heterocycles. The molecule has 0 heterocycles. The molecule has 182 valence electrons. The molecule has 0 fully saturated rings. The number of non-ortho nitro benzene ring substituents is 1. The summed E-state index contributed by atoms with van der Waals surface area (Å²) in [6.45, 7) is 2.32. The molecule has 0 aliphatic rings. The number of carbonyl (C=O) groups excluding carboxylic acids is 1. The molecule has 0 atom stereocenters. The fourth-order valence-electron chi connectivity index (χ4n) is 2.96. The van der Waals surface area contributed by atoms with Crippen LogP contribution in [0.1, 0.15) is 63.9 Å². The molecule has 5 heteroatoms. The summed E-state index contributed by atoms with van der Waals surface area (Å²) in [6.07, 6.45) is 33.0. The van der Waals surface area contributed by atoms with E-state index in [0.29, 0.717) is 5.56 Å². The van der Waals surface area contributed by atoms with Crippen molar-refractivity contribution >= 4 is 11.7 Å². The van der Waals surface area contributed by atoms with Gasteiger partial charge in [0.05, 0.1) is 4.92 Å². The number of nitro groups is 1. The minimum atomic E-state index is -0.475. The summed E-state index contributed by atoms with van der Waals surface area (Å²) in [7, 11) is 0. The van der Waals surface area contributed by atoms with Crippen molar-refractivity contribution in [2.75, 3.05) is 0 Å². The lowest BCUT2D eigenvalue weighted by atomic mass is 10.1. The molecule has 0 N–H and O–H groups in total. The molecule has 5 nitrogen and oxygen atoms in total. The van der Waals surface area contributed by atoms with Gasteiger partial charge in [-0.15, -0.1) is 0 Å². The normalized spacial score (nSPS) is 12.4. The van der Waals surface area contributed by atoms with E-state index in [1.807, 2.05) is 42.5 Å². The second kappa shape index (κ2) is 20.2. The first-order valence-corrected chi connectivity index (χ1v) is 12.0. The number of allylic oxidation sites excluding steroid dienone is 11. The van der Waals surface area contributed by atoms with Gasteiger partial charge in [0.2, 0.25) is 0 Å². The first-order chi connectivity index (χ1) is 16.6. The summed E-state index contributed by atoms with van der Waals surface area (Å²) in [4.78, 5) is 21.8. The van der Waals surface area contributed by atoms with Gasteiger partial charge in [-0.1, -0.05) is 112 Å². The van der Waals surface area contributed by atoms with Crippen LogP contribution in [0.2, 0.25) is 0 Å². The predicted octanol–water partition coefficient (Wildman–Crippen LogP) is 8.12. The smallest absolute Gasteiger partial charge is 0.331 e. The molecule has 0 amide bonds. The third kappa shape index (κ3) is 16.2. The Kier molecular flexibility index (Phi) is 16.9. The molecule has 0 unspecified atom stereocenters. The number of hydrogen-bond donors (Lipinski definition) is 0. The molecule has 34 heavy (non-hydrogen) atoms. The number of esters is 1. The van der Waals surface area contributed by atoms with Crippen molar-refractivity contribution in [2.45, 2.75) is 64.9 Å². The lowest BCUT2D eigenvalue weighted by Gasteiger charge is -2.01. The summed E-state index contributed by atoms with van der Waals surface area (Å²) < 4.78 is 5.09. The molecule has 0 aromatic heterocycles. The maximum Gasteiger partial charge on any atom is 0.331 e. The van der Waals surface area contributed by atoms with Crippen LogP contribution in [0.15, 0.2) is 97.2 Å². The Balaban J connectivity index is 2.11. The Bertz CT molecular complexity index is 874. The Morgan fingerprint density at radius 2 is 1.32 bits per heavy atom. The van der Waals surface area contributed by atoms with Gasteiger partial charge in [0.15, 0.2) is 0 Å². The summed E-state index contributed by atoms with van der Waals surface area (Å²) >= 11 is 0. The van der Waals surface area contributed by atoms with E-state index in [0.717, 1.165) is 6.42 Å². The van der Waals surface area contributed by atoms with Gasteiger partial charge in [0.25, 0.3) is 5.69 Å². The van der Waals surface area contributed by atoms with Crippen LogP contribution >= 0.6 is 0 Å². The molecule has 0 aliphatic heterocycles. The van der Waals surface area contributed by atoms with Crippen molar-refractivity contribution in [3.8, 4) is 0 Å². The molecule has 0 bridgehead atoms. The Labute approximate surface area is 204 Å². The van der Waals surface area contributed by atoms with E-state index in [9.17, 15) is 14.9 Å². The van der Waals surface area contributed by atoms with Crippen LogP contribution in [0.25, 0.3) is 0 Å². The molecular weight excluding hydrogens is 426 g/mol. The number of benzene rings is 1. The quantitative estimate of drug-likeness (QED) is 0.0584. The maximum absolute atomic E-state index is 11.7. The van der Waals surface area contributed by atoms with E-state index in [1.54, 1.807) is 24.3 Å². The van der Waals surface area contributed by atoms with Crippen molar-refractivity contribution in [1.29, 1.82) is 0 Å². The number of rotatable bonds is 17. The molecule has 0 radical (unpaired) electrons. The summed E-state index contributed by atoms with van der Waals surface area (Å²) in [5.74, 6) is -0.475. The second-order valence-electron chi connectivity index (χ2n) is 7.77. The van der Waals surface area contributed by atoms with Gasteiger partial charge in [-0.25, -0.2) is 4.79 Å². The van der Waals surface area contributed by atoms with Crippen LogP contribution in [-0.4, -0.2) is 10.9 Å². The Morgan fingerprint density at radius 3 is 1.91 bits per heavy atom. The van der Waals surface area contributed by atoms with E-state index < -0.39 is 10.9 Å². The SMILES string of the molecule is CCCCCCCCCC=CC=CC=CC=CC=CC=CC(=O)OCc1ccc([N+](=O)[O-])cc1. The van der Waals surface area contributed by atoms with Gasteiger partial charge < -0.3 is 4.74 Å². The predicted molar refractivity (Wildman–Crippen MR) is 140 cm³/mol. The fraction of sp³-hybridized carbons (Fsp3) is 0.345. The number of unbranched alkanes of at least 4 members (excludes halogenated alkanes) is 7. The van der Waals surface area contributed by atoms with E-state index in [2.05, 4.69) is 19.1 Å². The first kappa shape index (κ1) is 28.6. The molecule has 1 rings (SSSR count). The van der Waals surface area contributed by atoms with Gasteiger partial charge in [-0.05, 0) is 30.5 Å². The van der Waals surface area contributed by atoms with Crippen molar-refractivity contribution in [3.05, 3.63) is 113 Å². The van der Waals surface area contributed by atoms with Gasteiger partial charge >= 0.3 is 5.97 Å². The highest BCUT2D eigenvalue weighted by Crippen LogP contribution is 2.12. The number of nitrogens with zero attached hydrogens (tertiary/aromatic N) is 1. The highest BCUT2D eigenvalue weighted by molar-refractivity contribution is 5.82. The lowest BCUT2D eigenvalue weighted by Crippen LogP contribution is -2.00. The van der Waals surface area contributed by atoms with Crippen LogP contribution in [-0.2, 0) is 16.1 Å². The van der Waals surface area contributed by atoms with Gasteiger partial charge in [0, 0.05) is 18.2 Å². The summed E-state index contributed by atoms with van der Waals surface area (Å²) in [6, 6.07) is 5.90. The molecule has 1 aromatic rings. The van der Waals surface area contributed by atoms with Crippen molar-refractivity contribution < 1.29 is 14.5 Å². The number of nitro benzene ring substituents is 1. The third-order valence-electron chi connectivity index (χ3n) is 4.87. The van der Waals surface area contributed by atoms with Crippen molar-refractivity contribution in [3.63, 3.8) is 0 Å². The monoisotopic (exact) mass is 463 g/mol. The zero-order chi connectivity index (χ0) is 24.7. The van der Waals surface area contributed by atoms with Crippen LogP contribution in [0.3, 0.4) is 0 Å². The number of hydrogen-bond acceptors (Lipinski definition) is 4. The Hall–Kier alpha value is -3.47. The molecular formula is C29H37NO4. The minimum Gasteiger partial charge on any atom is -0.458 e. The zero-order valence-electron chi connectivity index (χ0n) is 20.2. The van der Waals surface area contributed by atoms with Gasteiger partial charge in [0.1, 0.15) is 6.61 Å². The summed E-state index contributed by atoms with van der Waals surface area (Å²) in [5, 5.41) is 10.6. The first-order valence-electron chi connectivity index (χ1n) is 12.0.